The van der Waals surface area contributed by atoms with Crippen LogP contribution in [-0.4, -0.2) is 40.7 Å². The van der Waals surface area contributed by atoms with Crippen LogP contribution < -0.4 is 15.2 Å². The summed E-state index contributed by atoms with van der Waals surface area (Å²) in [5, 5.41) is 19.8. The van der Waals surface area contributed by atoms with E-state index in [0.29, 0.717) is 12.8 Å². The fraction of sp³-hybridized carbons (Fsp3) is 0.400. The summed E-state index contributed by atoms with van der Waals surface area (Å²) in [6, 6.07) is 12.2. The van der Waals surface area contributed by atoms with Crippen LogP contribution in [0.1, 0.15) is 37.4 Å². The van der Waals surface area contributed by atoms with Gasteiger partial charge < -0.3 is 15.0 Å². The van der Waals surface area contributed by atoms with Gasteiger partial charge in [0.25, 0.3) is 10.2 Å². The zero-order valence-corrected chi connectivity index (χ0v) is 17.5. The molecule has 10 heteroatoms. The van der Waals surface area contributed by atoms with Crippen LogP contribution >= 0.6 is 0 Å². The molecule has 0 saturated heterocycles. The summed E-state index contributed by atoms with van der Waals surface area (Å²) in [7, 11) is -3.78. The second-order valence-electron chi connectivity index (χ2n) is 7.81. The van der Waals surface area contributed by atoms with E-state index in [2.05, 4.69) is 39.1 Å². The average Bonchev–Trinajstić information content (AvgIpc) is 3.30. The lowest BCUT2D eigenvalue weighted by atomic mass is 10.1. The maximum absolute atomic E-state index is 11.2. The topological polar surface area (TPSA) is 135 Å². The zero-order chi connectivity index (χ0) is 21.3. The van der Waals surface area contributed by atoms with Gasteiger partial charge in [-0.15, -0.1) is 0 Å². The molecule has 0 aliphatic heterocycles. The molecule has 0 unspecified atom stereocenters. The first kappa shape index (κ1) is 20.7. The van der Waals surface area contributed by atoms with Crippen LogP contribution in [0.5, 0.6) is 0 Å². The third-order valence-corrected chi connectivity index (χ3v) is 6.30. The van der Waals surface area contributed by atoms with Gasteiger partial charge in [-0.05, 0) is 31.4 Å². The van der Waals surface area contributed by atoms with Crippen molar-refractivity contribution in [1.82, 2.24) is 19.3 Å². The van der Waals surface area contributed by atoms with Crippen LogP contribution in [0.15, 0.2) is 48.9 Å². The lowest BCUT2D eigenvalue weighted by molar-refractivity contribution is 0.133. The molecule has 1 fully saturated rings. The van der Waals surface area contributed by atoms with Crippen molar-refractivity contribution in [3.63, 3.8) is 0 Å². The predicted octanol–water partition coefficient (Wildman–Crippen LogP) is 1.71. The van der Waals surface area contributed by atoms with E-state index >= 15 is 0 Å². The largest absolute Gasteiger partial charge is 0.393 e. The number of nitrogens with two attached hydrogens (primary N) is 1. The van der Waals surface area contributed by atoms with E-state index in [1.165, 1.54) is 6.33 Å². The standard InChI is InChI=1S/C20H26N6O3S/c1-13(14-5-3-2-4-6-14)25-19-17-7-8-26(20(17)23-12-22-19)16-9-15(18(27)10-16)11-24-30(21,28)29/h2-8,12-13,15-16,18,24,27H,9-11H2,1H3,(H2,21,28,29)(H,22,23,25)/t13-,15-,16+,18-/m0/s1. The minimum absolute atomic E-state index is 0.0130. The Balaban J connectivity index is 1.53. The Morgan fingerprint density at radius 1 is 1.23 bits per heavy atom. The van der Waals surface area contributed by atoms with Crippen LogP contribution in [0.2, 0.25) is 0 Å². The van der Waals surface area contributed by atoms with Gasteiger partial charge in [0, 0.05) is 30.7 Å². The van der Waals surface area contributed by atoms with Gasteiger partial charge in [0.15, 0.2) is 0 Å². The Morgan fingerprint density at radius 2 is 2.00 bits per heavy atom. The van der Waals surface area contributed by atoms with Crippen LogP contribution in [0, 0.1) is 5.92 Å². The molecule has 160 valence electrons. The summed E-state index contributed by atoms with van der Waals surface area (Å²) in [6.45, 7) is 2.20. The highest BCUT2D eigenvalue weighted by molar-refractivity contribution is 7.87. The van der Waals surface area contributed by atoms with Crippen molar-refractivity contribution in [2.24, 2.45) is 11.1 Å². The van der Waals surface area contributed by atoms with E-state index in [9.17, 15) is 13.5 Å². The first-order valence-corrected chi connectivity index (χ1v) is 11.4. The van der Waals surface area contributed by atoms with Crippen molar-refractivity contribution in [2.75, 3.05) is 11.9 Å². The van der Waals surface area contributed by atoms with Crippen molar-refractivity contribution in [1.29, 1.82) is 0 Å². The average molecular weight is 431 g/mol. The van der Waals surface area contributed by atoms with Gasteiger partial charge in [0.1, 0.15) is 17.8 Å². The second-order valence-corrected chi connectivity index (χ2v) is 9.18. The number of rotatable bonds is 7. The van der Waals surface area contributed by atoms with Crippen molar-refractivity contribution in [2.45, 2.75) is 38.0 Å². The molecule has 1 aliphatic rings. The van der Waals surface area contributed by atoms with E-state index in [1.54, 1.807) is 0 Å². The van der Waals surface area contributed by atoms with Gasteiger partial charge in [0.2, 0.25) is 0 Å². The normalized spacial score (nSPS) is 23.0. The molecule has 2 aromatic heterocycles. The minimum Gasteiger partial charge on any atom is -0.393 e. The smallest absolute Gasteiger partial charge is 0.274 e. The number of hydrogen-bond donors (Lipinski definition) is 4. The molecule has 3 aromatic rings. The number of nitrogens with one attached hydrogen (secondary N) is 2. The minimum atomic E-state index is -3.78. The lowest BCUT2D eigenvalue weighted by Crippen LogP contribution is -2.36. The fourth-order valence-corrected chi connectivity index (χ4v) is 4.60. The summed E-state index contributed by atoms with van der Waals surface area (Å²) in [6.07, 6.45) is 4.02. The predicted molar refractivity (Wildman–Crippen MR) is 115 cm³/mol. The molecule has 30 heavy (non-hydrogen) atoms. The van der Waals surface area contributed by atoms with Crippen LogP contribution in [0.4, 0.5) is 5.82 Å². The molecule has 5 N–H and O–H groups in total. The number of aliphatic hydroxyl groups is 1. The molecule has 0 amide bonds. The summed E-state index contributed by atoms with van der Waals surface area (Å²) in [5.41, 5.74) is 1.94. The van der Waals surface area contributed by atoms with Gasteiger partial charge in [-0.1, -0.05) is 30.3 Å². The van der Waals surface area contributed by atoms with E-state index in [-0.39, 0.29) is 24.5 Å². The molecule has 1 saturated carbocycles. The Morgan fingerprint density at radius 3 is 2.73 bits per heavy atom. The van der Waals surface area contributed by atoms with E-state index < -0.39 is 16.3 Å². The summed E-state index contributed by atoms with van der Waals surface area (Å²) in [4.78, 5) is 8.88. The lowest BCUT2D eigenvalue weighted by Gasteiger charge is -2.16. The molecule has 0 bridgehead atoms. The molecule has 0 radical (unpaired) electrons. The third-order valence-electron chi connectivity index (χ3n) is 5.73. The molecule has 1 aliphatic carbocycles. The molecule has 0 spiro atoms. The monoisotopic (exact) mass is 430 g/mol. The highest BCUT2D eigenvalue weighted by Gasteiger charge is 2.35. The van der Waals surface area contributed by atoms with Crippen molar-refractivity contribution in [3.05, 3.63) is 54.5 Å². The Kier molecular flexibility index (Phi) is 5.74. The van der Waals surface area contributed by atoms with Gasteiger partial charge in [-0.25, -0.2) is 19.8 Å². The Hall–Kier alpha value is -2.53. The maximum Gasteiger partial charge on any atom is 0.274 e. The second kappa shape index (κ2) is 8.31. The molecule has 2 heterocycles. The number of hydrogen-bond acceptors (Lipinski definition) is 6. The Labute approximate surface area is 175 Å². The molecular weight excluding hydrogens is 404 g/mol. The number of fused-ring (bicyclic) bond motifs is 1. The van der Waals surface area contributed by atoms with E-state index in [4.69, 9.17) is 5.14 Å². The van der Waals surface area contributed by atoms with Crippen LogP contribution in [0.3, 0.4) is 0 Å². The van der Waals surface area contributed by atoms with Gasteiger partial charge >= 0.3 is 0 Å². The summed E-state index contributed by atoms with van der Waals surface area (Å²) in [5.74, 6) is 0.546. The quantitative estimate of drug-likeness (QED) is 0.451. The maximum atomic E-state index is 11.2. The van der Waals surface area contributed by atoms with Crippen molar-refractivity contribution in [3.8, 4) is 0 Å². The highest BCUT2D eigenvalue weighted by atomic mass is 32.2. The van der Waals surface area contributed by atoms with Gasteiger partial charge in [-0.2, -0.15) is 8.42 Å². The highest BCUT2D eigenvalue weighted by Crippen LogP contribution is 2.37. The van der Waals surface area contributed by atoms with Crippen molar-refractivity contribution < 1.29 is 13.5 Å². The molecular formula is C20H26N6O3S. The van der Waals surface area contributed by atoms with Crippen LogP contribution in [0.25, 0.3) is 11.0 Å². The van der Waals surface area contributed by atoms with Crippen molar-refractivity contribution >= 4 is 27.1 Å². The van der Waals surface area contributed by atoms with Crippen LogP contribution in [-0.2, 0) is 10.2 Å². The number of aromatic nitrogens is 3. The van der Waals surface area contributed by atoms with E-state index in [1.807, 2.05) is 35.0 Å². The number of anilines is 1. The first-order chi connectivity index (χ1) is 14.3. The van der Waals surface area contributed by atoms with Gasteiger partial charge in [0.05, 0.1) is 11.5 Å². The van der Waals surface area contributed by atoms with Gasteiger partial charge in [-0.3, -0.25) is 0 Å². The zero-order valence-electron chi connectivity index (χ0n) is 16.6. The fourth-order valence-electron chi connectivity index (χ4n) is 4.15. The first-order valence-electron chi connectivity index (χ1n) is 9.90. The number of aliphatic hydroxyl groups excluding tert-OH is 1. The number of benzene rings is 1. The van der Waals surface area contributed by atoms with E-state index in [0.717, 1.165) is 22.4 Å². The molecule has 1 aromatic carbocycles. The summed E-state index contributed by atoms with van der Waals surface area (Å²) >= 11 is 0. The summed E-state index contributed by atoms with van der Waals surface area (Å²) < 4.78 is 26.7. The Bertz CT molecular complexity index is 1120. The third kappa shape index (κ3) is 4.46. The molecule has 4 atom stereocenters. The SMILES string of the molecule is C[C@H](Nc1ncnc2c1ccn2[C@@H]1C[C@@H](CNS(N)(=O)=O)[C@@H](O)C1)c1ccccc1. The molecule has 4 rings (SSSR count). The number of nitrogens with zero attached hydrogens (tertiary/aromatic N) is 3. The molecule has 9 nitrogen and oxygen atoms in total.